The van der Waals surface area contributed by atoms with E-state index in [2.05, 4.69) is 5.32 Å². The molecule has 1 N–H and O–H groups in total. The second-order valence-corrected chi connectivity index (χ2v) is 5.98. The number of carbonyl (C=O) groups excluding carboxylic acids is 1. The van der Waals surface area contributed by atoms with Crippen LogP contribution in [0.4, 0.5) is 18.9 Å². The molecule has 0 aliphatic rings. The van der Waals surface area contributed by atoms with Crippen LogP contribution < -0.4 is 14.8 Å². The molecule has 27 heavy (non-hydrogen) atoms. The van der Waals surface area contributed by atoms with Crippen LogP contribution in [0.3, 0.4) is 0 Å². The van der Waals surface area contributed by atoms with Gasteiger partial charge in [-0.15, -0.1) is 0 Å². The standard InChI is InChI=1S/C20H20F3NO3/c1-13(2)27-17-9-7-14(11-18(17)26-3)8-10-19(25)24-16-6-4-5-15(12-16)20(21,22)23/h4-13H,1-3H3,(H,24,25). The van der Waals surface area contributed by atoms with Crippen molar-refractivity contribution < 1.29 is 27.4 Å². The molecule has 2 rings (SSSR count). The summed E-state index contributed by atoms with van der Waals surface area (Å²) >= 11 is 0. The number of anilines is 1. The summed E-state index contributed by atoms with van der Waals surface area (Å²) in [6, 6.07) is 9.62. The smallest absolute Gasteiger partial charge is 0.416 e. The first-order valence-electron chi connectivity index (χ1n) is 8.20. The Morgan fingerprint density at radius 3 is 2.48 bits per heavy atom. The first kappa shape index (κ1) is 20.4. The van der Waals surface area contributed by atoms with Gasteiger partial charge in [0.1, 0.15) is 0 Å². The Labute approximate surface area is 155 Å². The number of amides is 1. The van der Waals surface area contributed by atoms with E-state index in [1.54, 1.807) is 18.2 Å². The number of hydrogen-bond acceptors (Lipinski definition) is 3. The molecule has 2 aromatic carbocycles. The summed E-state index contributed by atoms with van der Waals surface area (Å²) in [6.07, 6.45) is -1.71. The number of ether oxygens (including phenoxy) is 2. The van der Waals surface area contributed by atoms with Crippen molar-refractivity contribution in [2.75, 3.05) is 12.4 Å². The summed E-state index contributed by atoms with van der Waals surface area (Å²) in [7, 11) is 1.51. The van der Waals surface area contributed by atoms with Crippen LogP contribution in [0.15, 0.2) is 48.5 Å². The van der Waals surface area contributed by atoms with Crippen molar-refractivity contribution in [3.63, 3.8) is 0 Å². The van der Waals surface area contributed by atoms with Gasteiger partial charge in [0.25, 0.3) is 0 Å². The third-order valence-corrected chi connectivity index (χ3v) is 3.43. The van der Waals surface area contributed by atoms with Gasteiger partial charge in [0, 0.05) is 11.8 Å². The Balaban J connectivity index is 2.08. The third kappa shape index (κ3) is 6.06. The van der Waals surface area contributed by atoms with E-state index in [0.29, 0.717) is 17.1 Å². The van der Waals surface area contributed by atoms with Gasteiger partial charge in [0.05, 0.1) is 18.8 Å². The van der Waals surface area contributed by atoms with Crippen LogP contribution in [0.2, 0.25) is 0 Å². The highest BCUT2D eigenvalue weighted by molar-refractivity contribution is 6.02. The van der Waals surface area contributed by atoms with E-state index < -0.39 is 17.6 Å². The molecular formula is C20H20F3NO3. The lowest BCUT2D eigenvalue weighted by Gasteiger charge is -2.13. The minimum absolute atomic E-state index is 0.0152. The molecule has 7 heteroatoms. The van der Waals surface area contributed by atoms with Gasteiger partial charge in [0.2, 0.25) is 5.91 Å². The predicted molar refractivity (Wildman–Crippen MR) is 97.9 cm³/mol. The van der Waals surface area contributed by atoms with Gasteiger partial charge in [-0.1, -0.05) is 12.1 Å². The van der Waals surface area contributed by atoms with E-state index >= 15 is 0 Å². The molecule has 0 aliphatic heterocycles. The number of methoxy groups -OCH3 is 1. The lowest BCUT2D eigenvalue weighted by molar-refractivity contribution is -0.137. The van der Waals surface area contributed by atoms with Crippen molar-refractivity contribution in [1.82, 2.24) is 0 Å². The topological polar surface area (TPSA) is 47.6 Å². The van der Waals surface area contributed by atoms with Crippen LogP contribution in [0.1, 0.15) is 25.0 Å². The first-order chi connectivity index (χ1) is 12.7. The highest BCUT2D eigenvalue weighted by atomic mass is 19.4. The molecule has 0 bridgehead atoms. The molecule has 144 valence electrons. The minimum atomic E-state index is -4.47. The molecule has 0 spiro atoms. The van der Waals surface area contributed by atoms with Gasteiger partial charge < -0.3 is 14.8 Å². The maximum atomic E-state index is 12.7. The first-order valence-corrected chi connectivity index (χ1v) is 8.20. The monoisotopic (exact) mass is 379 g/mol. The number of hydrogen-bond donors (Lipinski definition) is 1. The summed E-state index contributed by atoms with van der Waals surface area (Å²) < 4.78 is 49.0. The molecular weight excluding hydrogens is 359 g/mol. The van der Waals surface area contributed by atoms with Gasteiger partial charge in [-0.05, 0) is 55.8 Å². The summed E-state index contributed by atoms with van der Waals surface area (Å²) in [4.78, 5) is 12.0. The van der Waals surface area contributed by atoms with Gasteiger partial charge >= 0.3 is 6.18 Å². The van der Waals surface area contributed by atoms with Crippen LogP contribution in [0, 0.1) is 0 Å². The fraction of sp³-hybridized carbons (Fsp3) is 0.250. The van der Waals surface area contributed by atoms with E-state index in [4.69, 9.17) is 9.47 Å². The predicted octanol–water partition coefficient (Wildman–Crippen LogP) is 5.15. The zero-order valence-corrected chi connectivity index (χ0v) is 15.1. The Kier molecular flexibility index (Phi) is 6.50. The molecule has 1 amide bonds. The molecule has 0 aliphatic carbocycles. The molecule has 0 saturated carbocycles. The summed E-state index contributed by atoms with van der Waals surface area (Å²) in [5, 5.41) is 2.41. The normalized spacial score (nSPS) is 11.7. The number of carbonyl (C=O) groups is 1. The molecule has 0 radical (unpaired) electrons. The van der Waals surface area contributed by atoms with E-state index in [1.165, 1.54) is 31.4 Å². The van der Waals surface area contributed by atoms with E-state index in [1.807, 2.05) is 13.8 Å². The second kappa shape index (κ2) is 8.62. The molecule has 0 saturated heterocycles. The fourth-order valence-electron chi connectivity index (χ4n) is 2.27. The third-order valence-electron chi connectivity index (χ3n) is 3.43. The molecule has 0 fully saturated rings. The Bertz CT molecular complexity index is 829. The maximum absolute atomic E-state index is 12.7. The van der Waals surface area contributed by atoms with Crippen molar-refractivity contribution >= 4 is 17.7 Å². The van der Waals surface area contributed by atoms with Crippen LogP contribution in [-0.2, 0) is 11.0 Å². The number of nitrogens with one attached hydrogen (secondary N) is 1. The SMILES string of the molecule is COc1cc(C=CC(=O)Nc2cccc(C(F)(F)F)c2)ccc1OC(C)C. The van der Waals surface area contributed by atoms with Crippen molar-refractivity contribution in [2.24, 2.45) is 0 Å². The second-order valence-electron chi connectivity index (χ2n) is 5.98. The van der Waals surface area contributed by atoms with Crippen molar-refractivity contribution in [3.05, 3.63) is 59.7 Å². The highest BCUT2D eigenvalue weighted by Crippen LogP contribution is 2.31. The van der Waals surface area contributed by atoms with Crippen molar-refractivity contribution in [3.8, 4) is 11.5 Å². The Morgan fingerprint density at radius 2 is 1.85 bits per heavy atom. The number of alkyl halides is 3. The minimum Gasteiger partial charge on any atom is -0.493 e. The van der Waals surface area contributed by atoms with Crippen LogP contribution in [-0.4, -0.2) is 19.1 Å². The zero-order chi connectivity index (χ0) is 20.0. The largest absolute Gasteiger partial charge is 0.493 e. The highest BCUT2D eigenvalue weighted by Gasteiger charge is 2.30. The quantitative estimate of drug-likeness (QED) is 0.706. The maximum Gasteiger partial charge on any atom is 0.416 e. The molecule has 4 nitrogen and oxygen atoms in total. The zero-order valence-electron chi connectivity index (χ0n) is 15.1. The Morgan fingerprint density at radius 1 is 1.11 bits per heavy atom. The lowest BCUT2D eigenvalue weighted by Crippen LogP contribution is -2.10. The molecule has 0 atom stereocenters. The van der Waals surface area contributed by atoms with Gasteiger partial charge in [0.15, 0.2) is 11.5 Å². The van der Waals surface area contributed by atoms with Crippen molar-refractivity contribution in [1.29, 1.82) is 0 Å². The average molecular weight is 379 g/mol. The van der Waals surface area contributed by atoms with Gasteiger partial charge in [-0.2, -0.15) is 13.2 Å². The summed E-state index contributed by atoms with van der Waals surface area (Å²) in [5.74, 6) is 0.554. The molecule has 2 aromatic rings. The van der Waals surface area contributed by atoms with E-state index in [-0.39, 0.29) is 11.8 Å². The molecule has 0 unspecified atom stereocenters. The number of halogens is 3. The number of rotatable bonds is 6. The van der Waals surface area contributed by atoms with Gasteiger partial charge in [-0.25, -0.2) is 0 Å². The molecule has 0 aromatic heterocycles. The van der Waals surface area contributed by atoms with Crippen LogP contribution in [0.25, 0.3) is 6.08 Å². The van der Waals surface area contributed by atoms with Crippen LogP contribution in [0.5, 0.6) is 11.5 Å². The van der Waals surface area contributed by atoms with E-state index in [0.717, 1.165) is 12.1 Å². The lowest BCUT2D eigenvalue weighted by atomic mass is 10.1. The van der Waals surface area contributed by atoms with E-state index in [9.17, 15) is 18.0 Å². The van der Waals surface area contributed by atoms with Gasteiger partial charge in [-0.3, -0.25) is 4.79 Å². The fourth-order valence-corrected chi connectivity index (χ4v) is 2.27. The number of benzene rings is 2. The Hall–Kier alpha value is -2.96. The van der Waals surface area contributed by atoms with Crippen LogP contribution >= 0.6 is 0 Å². The average Bonchev–Trinajstić information content (AvgIpc) is 2.60. The summed E-state index contributed by atoms with van der Waals surface area (Å²) in [5.41, 5.74) is -0.0744. The van der Waals surface area contributed by atoms with Crippen molar-refractivity contribution in [2.45, 2.75) is 26.1 Å². The molecule has 0 heterocycles. The summed E-state index contributed by atoms with van der Waals surface area (Å²) in [6.45, 7) is 3.79.